The van der Waals surface area contributed by atoms with Crippen LogP contribution in [-0.2, 0) is 0 Å². The van der Waals surface area contributed by atoms with Crippen molar-refractivity contribution in [1.29, 1.82) is 0 Å². The highest BCUT2D eigenvalue weighted by Gasteiger charge is 2.34. The fourth-order valence-corrected chi connectivity index (χ4v) is 4.05. The molecule has 3 aromatic heterocycles. The molecule has 1 amide bonds. The first-order valence-electron chi connectivity index (χ1n) is 10.1. The number of rotatable bonds is 5. The van der Waals surface area contributed by atoms with Crippen LogP contribution in [-0.4, -0.2) is 54.9 Å². The number of likely N-dealkylation sites (tertiary alicyclic amines) is 1. The first kappa shape index (κ1) is 21.2. The zero-order valence-electron chi connectivity index (χ0n) is 17.3. The number of nitrogens with zero attached hydrogens (tertiary/aromatic N) is 6. The second-order valence-electron chi connectivity index (χ2n) is 7.69. The molecule has 0 spiro atoms. The van der Waals surface area contributed by atoms with E-state index in [1.165, 1.54) is 17.1 Å². The number of pyridine rings is 2. The molecule has 0 aromatic carbocycles. The van der Waals surface area contributed by atoms with Gasteiger partial charge in [0.25, 0.3) is 5.91 Å². The molecule has 31 heavy (non-hydrogen) atoms. The third kappa shape index (κ3) is 4.51. The van der Waals surface area contributed by atoms with Crippen LogP contribution in [0, 0.1) is 18.7 Å². The monoisotopic (exact) mass is 443 g/mol. The van der Waals surface area contributed by atoms with Gasteiger partial charge in [0.15, 0.2) is 17.3 Å². The highest BCUT2D eigenvalue weighted by molar-refractivity contribution is 6.30. The van der Waals surface area contributed by atoms with Gasteiger partial charge in [-0.1, -0.05) is 18.5 Å². The predicted molar refractivity (Wildman–Crippen MR) is 115 cm³/mol. The average Bonchev–Trinajstić information content (AvgIpc) is 3.28. The molecular formula is C21H23ClFN7O. The van der Waals surface area contributed by atoms with Crippen LogP contribution in [0.5, 0.6) is 0 Å². The van der Waals surface area contributed by atoms with Crippen molar-refractivity contribution in [3.8, 4) is 5.69 Å². The summed E-state index contributed by atoms with van der Waals surface area (Å²) >= 11 is 5.79. The number of aryl methyl sites for hydroxylation is 1. The maximum absolute atomic E-state index is 14.2. The van der Waals surface area contributed by atoms with Crippen LogP contribution in [0.3, 0.4) is 0 Å². The zero-order valence-corrected chi connectivity index (χ0v) is 18.1. The minimum absolute atomic E-state index is 0.115. The van der Waals surface area contributed by atoms with Crippen LogP contribution in [0.25, 0.3) is 5.69 Å². The van der Waals surface area contributed by atoms with Gasteiger partial charge in [0.1, 0.15) is 5.69 Å². The lowest BCUT2D eigenvalue weighted by molar-refractivity contribution is 0.0533. The van der Waals surface area contributed by atoms with Gasteiger partial charge in [-0.2, -0.15) is 10.2 Å². The fourth-order valence-electron chi connectivity index (χ4n) is 3.90. The molecule has 4 rings (SSSR count). The first-order chi connectivity index (χ1) is 14.9. The highest BCUT2D eigenvalue weighted by atomic mass is 35.5. The van der Waals surface area contributed by atoms with Crippen molar-refractivity contribution in [2.24, 2.45) is 5.92 Å². The standard InChI is InChI=1S/C21H23ClFN7O/c1-13-4-3-9-29(18(13)12-25-20-16(23)10-15(22)11-24-20)21(31)19-17(6-5-14(2)28-19)30-26-7-8-27-30/h5-8,10-11,13,18H,3-4,9,12H2,1-2H3,(H,24,25)/t13-,18-/m1/s1. The van der Waals surface area contributed by atoms with Gasteiger partial charge in [0.05, 0.1) is 23.5 Å². The lowest BCUT2D eigenvalue weighted by Crippen LogP contribution is -2.51. The molecule has 1 N–H and O–H groups in total. The van der Waals surface area contributed by atoms with Crippen molar-refractivity contribution in [1.82, 2.24) is 29.9 Å². The van der Waals surface area contributed by atoms with Gasteiger partial charge in [-0.05, 0) is 43.9 Å². The number of aromatic nitrogens is 5. The lowest BCUT2D eigenvalue weighted by Gasteiger charge is -2.40. The highest BCUT2D eigenvalue weighted by Crippen LogP contribution is 2.27. The maximum Gasteiger partial charge on any atom is 0.275 e. The smallest absolute Gasteiger partial charge is 0.275 e. The van der Waals surface area contributed by atoms with E-state index in [0.29, 0.717) is 24.5 Å². The van der Waals surface area contributed by atoms with Crippen LogP contribution >= 0.6 is 11.6 Å². The molecule has 10 heteroatoms. The quantitative estimate of drug-likeness (QED) is 0.649. The van der Waals surface area contributed by atoms with Crippen LogP contribution in [0.1, 0.15) is 35.9 Å². The van der Waals surface area contributed by atoms with Crippen molar-refractivity contribution < 1.29 is 9.18 Å². The topological polar surface area (TPSA) is 88.8 Å². The number of carbonyl (C=O) groups is 1. The Labute approximate surface area is 184 Å². The predicted octanol–water partition coefficient (Wildman–Crippen LogP) is 3.51. The number of carbonyl (C=O) groups excluding carboxylic acids is 1. The summed E-state index contributed by atoms with van der Waals surface area (Å²) < 4.78 is 14.2. The summed E-state index contributed by atoms with van der Waals surface area (Å²) in [7, 11) is 0. The van der Waals surface area contributed by atoms with Crippen molar-refractivity contribution in [2.45, 2.75) is 32.7 Å². The molecule has 1 aliphatic rings. The molecule has 162 valence electrons. The molecule has 0 saturated carbocycles. The number of anilines is 1. The zero-order chi connectivity index (χ0) is 22.0. The molecule has 0 unspecified atom stereocenters. The number of halogens is 2. The van der Waals surface area contributed by atoms with Crippen LogP contribution in [0.15, 0.2) is 36.8 Å². The Hall–Kier alpha value is -3.07. The Bertz CT molecular complexity index is 1080. The molecule has 0 radical (unpaired) electrons. The molecular weight excluding hydrogens is 421 g/mol. The number of nitrogens with one attached hydrogen (secondary N) is 1. The van der Waals surface area contributed by atoms with Crippen LogP contribution in [0.4, 0.5) is 10.2 Å². The van der Waals surface area contributed by atoms with E-state index in [-0.39, 0.29) is 28.7 Å². The van der Waals surface area contributed by atoms with E-state index < -0.39 is 5.82 Å². The summed E-state index contributed by atoms with van der Waals surface area (Å²) in [5.74, 6) is -0.388. The van der Waals surface area contributed by atoms with E-state index >= 15 is 0 Å². The van der Waals surface area contributed by atoms with Gasteiger partial charge in [-0.3, -0.25) is 4.79 Å². The van der Waals surface area contributed by atoms with Crippen molar-refractivity contribution >= 4 is 23.3 Å². The summed E-state index contributed by atoms with van der Waals surface area (Å²) in [5, 5.41) is 11.6. The normalized spacial score (nSPS) is 18.8. The first-order valence-corrected chi connectivity index (χ1v) is 10.5. The Morgan fingerprint density at radius 1 is 1.32 bits per heavy atom. The Morgan fingerprint density at radius 2 is 2.10 bits per heavy atom. The summed E-state index contributed by atoms with van der Waals surface area (Å²) in [6.45, 7) is 4.88. The molecule has 4 heterocycles. The summed E-state index contributed by atoms with van der Waals surface area (Å²) in [6.07, 6.45) is 6.36. The van der Waals surface area contributed by atoms with E-state index in [0.717, 1.165) is 18.5 Å². The molecule has 0 aliphatic carbocycles. The van der Waals surface area contributed by atoms with E-state index in [2.05, 4.69) is 32.4 Å². The molecule has 1 saturated heterocycles. The SMILES string of the molecule is Cc1ccc(-n2nccn2)c(C(=O)N2CCC[C@@H](C)[C@H]2CNc2ncc(Cl)cc2F)n1. The molecule has 2 atom stereocenters. The average molecular weight is 444 g/mol. The lowest BCUT2D eigenvalue weighted by atomic mass is 9.90. The summed E-state index contributed by atoms with van der Waals surface area (Å²) in [4.78, 5) is 25.3. The van der Waals surface area contributed by atoms with Gasteiger partial charge in [0, 0.05) is 25.0 Å². The number of amides is 1. The van der Waals surface area contributed by atoms with Gasteiger partial charge in [-0.15, -0.1) is 4.80 Å². The number of hydrogen-bond donors (Lipinski definition) is 1. The van der Waals surface area contributed by atoms with Crippen LogP contribution in [0.2, 0.25) is 5.02 Å². The Morgan fingerprint density at radius 3 is 2.84 bits per heavy atom. The molecule has 1 fully saturated rings. The van der Waals surface area contributed by atoms with Gasteiger partial charge >= 0.3 is 0 Å². The van der Waals surface area contributed by atoms with Crippen LogP contribution < -0.4 is 5.32 Å². The largest absolute Gasteiger partial charge is 0.366 e. The Kier molecular flexibility index (Phi) is 6.13. The molecule has 0 bridgehead atoms. The minimum Gasteiger partial charge on any atom is -0.366 e. The fraction of sp³-hybridized carbons (Fsp3) is 0.381. The minimum atomic E-state index is -0.527. The van der Waals surface area contributed by atoms with Gasteiger partial charge in [0.2, 0.25) is 0 Å². The Balaban J connectivity index is 1.61. The van der Waals surface area contributed by atoms with E-state index in [1.54, 1.807) is 18.5 Å². The summed E-state index contributed by atoms with van der Waals surface area (Å²) in [6, 6.07) is 4.68. The summed E-state index contributed by atoms with van der Waals surface area (Å²) in [5.41, 5.74) is 1.55. The third-order valence-electron chi connectivity index (χ3n) is 5.51. The van der Waals surface area contributed by atoms with Crippen molar-refractivity contribution in [3.63, 3.8) is 0 Å². The molecule has 8 nitrogen and oxygen atoms in total. The number of hydrogen-bond acceptors (Lipinski definition) is 6. The van der Waals surface area contributed by atoms with Crippen molar-refractivity contribution in [2.75, 3.05) is 18.4 Å². The second-order valence-corrected chi connectivity index (χ2v) is 8.13. The van der Waals surface area contributed by atoms with E-state index in [1.807, 2.05) is 17.9 Å². The molecule has 3 aromatic rings. The maximum atomic E-state index is 14.2. The third-order valence-corrected chi connectivity index (χ3v) is 5.72. The van der Waals surface area contributed by atoms with E-state index in [4.69, 9.17) is 11.6 Å². The van der Waals surface area contributed by atoms with Gasteiger partial charge < -0.3 is 10.2 Å². The van der Waals surface area contributed by atoms with E-state index in [9.17, 15) is 9.18 Å². The number of piperidine rings is 1. The second kappa shape index (κ2) is 8.97. The van der Waals surface area contributed by atoms with Crippen molar-refractivity contribution in [3.05, 3.63) is 59.0 Å². The molecule has 1 aliphatic heterocycles. The van der Waals surface area contributed by atoms with Gasteiger partial charge in [-0.25, -0.2) is 14.4 Å².